The average Bonchev–Trinajstić information content (AvgIpc) is 3.05. The largest absolute Gasteiger partial charge is 0.369 e. The van der Waals surface area contributed by atoms with Crippen LogP contribution in [0.5, 0.6) is 0 Å². The van der Waals surface area contributed by atoms with Crippen molar-refractivity contribution < 1.29 is 9.53 Å². The number of amides is 1. The van der Waals surface area contributed by atoms with E-state index in [2.05, 4.69) is 22.3 Å². The molecule has 3 N–H and O–H groups in total. The highest BCUT2D eigenvalue weighted by molar-refractivity contribution is 5.91. The molecule has 0 bridgehead atoms. The van der Waals surface area contributed by atoms with E-state index < -0.39 is 5.91 Å². The minimum atomic E-state index is -0.492. The van der Waals surface area contributed by atoms with Crippen molar-refractivity contribution in [3.8, 4) is 5.69 Å². The molecule has 2 aromatic rings. The van der Waals surface area contributed by atoms with Crippen molar-refractivity contribution in [2.24, 2.45) is 5.73 Å². The number of hydrogen-bond acceptors (Lipinski definition) is 5. The van der Waals surface area contributed by atoms with Gasteiger partial charge in [-0.2, -0.15) is 5.10 Å². The molecule has 1 saturated heterocycles. The summed E-state index contributed by atoms with van der Waals surface area (Å²) in [5.41, 5.74) is 8.33. The van der Waals surface area contributed by atoms with E-state index in [9.17, 15) is 4.79 Å². The summed E-state index contributed by atoms with van der Waals surface area (Å²) in [6, 6.07) is 5.56. The normalized spacial score (nSPS) is 17.8. The Morgan fingerprint density at radius 3 is 3.00 bits per heavy atom. The number of carbonyl (C=O) groups excluding carboxylic acids is 1. The van der Waals surface area contributed by atoms with Gasteiger partial charge in [-0.25, -0.2) is 4.68 Å². The second kappa shape index (κ2) is 7.55. The maximum Gasteiger partial charge on any atom is 0.267 e. The molecule has 1 amide bonds. The Kier molecular flexibility index (Phi) is 5.22. The Morgan fingerprint density at radius 2 is 2.38 bits per heavy atom. The van der Waals surface area contributed by atoms with E-state index in [1.165, 1.54) is 0 Å². The first-order chi connectivity index (χ1) is 11.7. The number of nitrogens with zero attached hydrogens (tertiary/aromatic N) is 3. The molecule has 0 spiro atoms. The average molecular weight is 329 g/mol. The minimum Gasteiger partial charge on any atom is -0.369 e. The van der Waals surface area contributed by atoms with Gasteiger partial charge in [0.25, 0.3) is 5.91 Å². The number of carbonyl (C=O) groups is 1. The molecule has 0 radical (unpaired) electrons. The van der Waals surface area contributed by atoms with Crippen LogP contribution in [0.15, 0.2) is 24.4 Å². The van der Waals surface area contributed by atoms with Gasteiger partial charge in [0.1, 0.15) is 11.8 Å². The van der Waals surface area contributed by atoms with Crippen LogP contribution >= 0.6 is 0 Å². The van der Waals surface area contributed by atoms with Gasteiger partial charge in [0.05, 0.1) is 29.9 Å². The fraction of sp³-hybridized carbons (Fsp3) is 0.471. The van der Waals surface area contributed by atoms with E-state index in [1.807, 2.05) is 12.1 Å². The highest BCUT2D eigenvalue weighted by Crippen LogP contribution is 2.19. The van der Waals surface area contributed by atoms with E-state index in [0.717, 1.165) is 49.4 Å². The molecular weight excluding hydrogens is 306 g/mol. The molecule has 2 aromatic heterocycles. The number of pyridine rings is 1. The van der Waals surface area contributed by atoms with Gasteiger partial charge in [-0.15, -0.1) is 0 Å². The third kappa shape index (κ3) is 3.63. The number of morpholine rings is 1. The molecule has 1 atom stereocenters. The molecule has 128 valence electrons. The number of aromatic nitrogens is 3. The van der Waals surface area contributed by atoms with Gasteiger partial charge in [-0.1, -0.05) is 13.3 Å². The number of nitrogens with two attached hydrogens (primary N) is 1. The number of primary amides is 1. The quantitative estimate of drug-likeness (QED) is 0.834. The van der Waals surface area contributed by atoms with E-state index >= 15 is 0 Å². The van der Waals surface area contributed by atoms with Crippen LogP contribution < -0.4 is 11.1 Å². The van der Waals surface area contributed by atoms with Crippen LogP contribution in [-0.2, 0) is 11.2 Å². The van der Waals surface area contributed by atoms with Gasteiger partial charge in [-0.3, -0.25) is 9.78 Å². The fourth-order valence-corrected chi connectivity index (χ4v) is 2.75. The van der Waals surface area contributed by atoms with Crippen molar-refractivity contribution in [3.05, 3.63) is 41.5 Å². The van der Waals surface area contributed by atoms with Crippen LogP contribution in [0.25, 0.3) is 5.69 Å². The van der Waals surface area contributed by atoms with Crippen molar-refractivity contribution in [2.45, 2.75) is 32.3 Å². The van der Waals surface area contributed by atoms with E-state index in [0.29, 0.717) is 12.3 Å². The molecule has 1 fully saturated rings. The first kappa shape index (κ1) is 16.6. The Labute approximate surface area is 141 Å². The summed E-state index contributed by atoms with van der Waals surface area (Å²) in [5.74, 6) is -0.492. The van der Waals surface area contributed by atoms with Crippen molar-refractivity contribution >= 4 is 5.91 Å². The second-order valence-electron chi connectivity index (χ2n) is 5.91. The van der Waals surface area contributed by atoms with Crippen LogP contribution in [0.2, 0.25) is 0 Å². The van der Waals surface area contributed by atoms with Gasteiger partial charge < -0.3 is 15.8 Å². The number of unbranched alkanes of at least 4 members (excludes halogenated alkanes) is 1. The van der Waals surface area contributed by atoms with Gasteiger partial charge in [-0.05, 0) is 31.0 Å². The maximum absolute atomic E-state index is 11.7. The highest BCUT2D eigenvalue weighted by atomic mass is 16.5. The Bertz CT molecular complexity index is 690. The monoisotopic (exact) mass is 329 g/mol. The molecule has 1 aliphatic rings. The number of nitrogens with one attached hydrogen (secondary N) is 1. The number of aryl methyl sites for hydroxylation is 1. The number of rotatable bonds is 6. The smallest absolute Gasteiger partial charge is 0.267 e. The number of hydrogen-bond donors (Lipinski definition) is 2. The molecule has 24 heavy (non-hydrogen) atoms. The van der Waals surface area contributed by atoms with E-state index in [4.69, 9.17) is 10.5 Å². The number of ether oxygens (including phenoxy) is 1. The predicted octanol–water partition coefficient (Wildman–Crippen LogP) is 1.37. The maximum atomic E-state index is 11.7. The van der Waals surface area contributed by atoms with Gasteiger partial charge >= 0.3 is 0 Å². The van der Waals surface area contributed by atoms with Crippen molar-refractivity contribution in [1.82, 2.24) is 20.1 Å². The molecule has 1 aliphatic heterocycles. The summed E-state index contributed by atoms with van der Waals surface area (Å²) in [4.78, 5) is 16.2. The predicted molar refractivity (Wildman–Crippen MR) is 90.1 cm³/mol. The topological polar surface area (TPSA) is 95.1 Å². The lowest BCUT2D eigenvalue weighted by atomic mass is 10.2. The summed E-state index contributed by atoms with van der Waals surface area (Å²) < 4.78 is 7.27. The standard InChI is InChI=1S/C17H23N5O2/c1-2-3-4-12-9-15(17(18)23)22(21-12)13-5-6-14(20-10-13)16-11-19-7-8-24-16/h5-6,9-10,16,19H,2-4,7-8,11H2,1H3,(H2,18,23)/t16-/m0/s1. The fourth-order valence-electron chi connectivity index (χ4n) is 2.75. The van der Waals surface area contributed by atoms with Crippen LogP contribution in [0.1, 0.15) is 47.7 Å². The molecule has 3 heterocycles. The van der Waals surface area contributed by atoms with Crippen molar-refractivity contribution in [2.75, 3.05) is 19.7 Å². The molecular formula is C17H23N5O2. The summed E-state index contributed by atoms with van der Waals surface area (Å²) in [6.07, 6.45) is 4.59. The van der Waals surface area contributed by atoms with Crippen LogP contribution in [0, 0.1) is 0 Å². The zero-order valence-electron chi connectivity index (χ0n) is 13.9. The van der Waals surface area contributed by atoms with Crippen LogP contribution in [0.4, 0.5) is 0 Å². The zero-order valence-corrected chi connectivity index (χ0v) is 13.9. The van der Waals surface area contributed by atoms with E-state index in [1.54, 1.807) is 16.9 Å². The molecule has 3 rings (SSSR count). The third-order valence-corrected chi connectivity index (χ3v) is 4.07. The molecule has 7 heteroatoms. The highest BCUT2D eigenvalue weighted by Gasteiger charge is 2.18. The van der Waals surface area contributed by atoms with E-state index in [-0.39, 0.29) is 6.10 Å². The first-order valence-corrected chi connectivity index (χ1v) is 8.36. The summed E-state index contributed by atoms with van der Waals surface area (Å²) in [7, 11) is 0. The Balaban J connectivity index is 1.84. The Hall–Kier alpha value is -2.25. The van der Waals surface area contributed by atoms with Crippen molar-refractivity contribution in [1.29, 1.82) is 0 Å². The summed E-state index contributed by atoms with van der Waals surface area (Å²) in [5, 5.41) is 7.80. The molecule has 0 aliphatic carbocycles. The second-order valence-corrected chi connectivity index (χ2v) is 5.91. The van der Waals surface area contributed by atoms with Crippen molar-refractivity contribution in [3.63, 3.8) is 0 Å². The lowest BCUT2D eigenvalue weighted by Crippen LogP contribution is -2.33. The minimum absolute atomic E-state index is 0.0406. The van der Waals surface area contributed by atoms with Crippen LogP contribution in [0.3, 0.4) is 0 Å². The lowest BCUT2D eigenvalue weighted by molar-refractivity contribution is 0.0250. The summed E-state index contributed by atoms with van der Waals surface area (Å²) in [6.45, 7) is 4.42. The molecule has 0 unspecified atom stereocenters. The Morgan fingerprint density at radius 1 is 1.50 bits per heavy atom. The molecule has 7 nitrogen and oxygen atoms in total. The molecule has 0 saturated carbocycles. The first-order valence-electron chi connectivity index (χ1n) is 8.36. The van der Waals surface area contributed by atoms with Gasteiger partial charge in [0, 0.05) is 13.1 Å². The molecule has 0 aromatic carbocycles. The SMILES string of the molecule is CCCCc1cc(C(N)=O)n(-c2ccc([C@@H]3CNCCO3)nc2)n1. The van der Waals surface area contributed by atoms with Crippen LogP contribution in [-0.4, -0.2) is 40.4 Å². The summed E-state index contributed by atoms with van der Waals surface area (Å²) >= 11 is 0. The van der Waals surface area contributed by atoms with Gasteiger partial charge in [0.15, 0.2) is 0 Å². The lowest BCUT2D eigenvalue weighted by Gasteiger charge is -2.23. The third-order valence-electron chi connectivity index (χ3n) is 4.07. The van der Waals surface area contributed by atoms with Gasteiger partial charge in [0.2, 0.25) is 0 Å². The zero-order chi connectivity index (χ0) is 16.9.